The number of aliphatic hydroxyl groups excluding tert-OH is 1. The number of carbonyl (C=O) groups excluding carboxylic acids is 2. The number of hydrogen-bond acceptors (Lipinski definition) is 4. The molecule has 1 aliphatic rings. The fourth-order valence-electron chi connectivity index (χ4n) is 4.39. The quantitative estimate of drug-likeness (QED) is 0.523. The number of nitrogens with one attached hydrogen (secondary N) is 2. The first-order valence-electron chi connectivity index (χ1n) is 11.5. The van der Waals surface area contributed by atoms with Crippen molar-refractivity contribution in [3.8, 4) is 0 Å². The molecule has 0 radical (unpaired) electrons. The standard InChI is InChI=1S/C26H33F2N3O3/c1-16(2)20-6-5-7-21(11-20)26(14-31(15-26)18(4)33)29-13-25(34)24(30-17(3)32)10-19-8-22(27)12-23(28)9-19/h5-9,11-12,16,24-25,29,34H,10,13-15H2,1-4H3,(H,30,32)/t24-,25+/m1/s1. The fraction of sp³-hybridized carbons (Fsp3) is 0.462. The van der Waals surface area contributed by atoms with Crippen molar-refractivity contribution in [3.63, 3.8) is 0 Å². The SMILES string of the molecule is CC(=O)N[C@H](Cc1cc(F)cc(F)c1)[C@@H](O)CNC1(c2cccc(C(C)C)c2)CN(C(C)=O)C1. The second-order valence-corrected chi connectivity index (χ2v) is 9.47. The number of aliphatic hydroxyl groups is 1. The maximum atomic E-state index is 13.6. The van der Waals surface area contributed by atoms with E-state index in [4.69, 9.17) is 0 Å². The number of benzene rings is 2. The maximum absolute atomic E-state index is 13.6. The molecule has 1 saturated heterocycles. The van der Waals surface area contributed by atoms with Crippen molar-refractivity contribution < 1.29 is 23.5 Å². The van der Waals surface area contributed by atoms with Crippen LogP contribution in [0.4, 0.5) is 8.78 Å². The third-order valence-corrected chi connectivity index (χ3v) is 6.35. The zero-order valence-corrected chi connectivity index (χ0v) is 20.1. The average Bonchev–Trinajstić information content (AvgIpc) is 2.71. The van der Waals surface area contributed by atoms with Crippen molar-refractivity contribution >= 4 is 11.8 Å². The first-order chi connectivity index (χ1) is 16.0. The highest BCUT2D eigenvalue weighted by atomic mass is 19.1. The molecule has 34 heavy (non-hydrogen) atoms. The summed E-state index contributed by atoms with van der Waals surface area (Å²) in [7, 11) is 0. The molecule has 0 aromatic heterocycles. The lowest BCUT2D eigenvalue weighted by Gasteiger charge is -2.51. The van der Waals surface area contributed by atoms with Gasteiger partial charge in [0.1, 0.15) is 11.6 Å². The Kier molecular flexibility index (Phi) is 8.05. The van der Waals surface area contributed by atoms with Crippen molar-refractivity contribution in [2.45, 2.75) is 57.7 Å². The highest BCUT2D eigenvalue weighted by Gasteiger charge is 2.46. The summed E-state index contributed by atoms with van der Waals surface area (Å²) in [6, 6.07) is 10.6. The van der Waals surface area contributed by atoms with Gasteiger partial charge in [-0.05, 0) is 41.2 Å². The van der Waals surface area contributed by atoms with Crippen LogP contribution in [-0.4, -0.2) is 53.6 Å². The summed E-state index contributed by atoms with van der Waals surface area (Å²) in [5, 5.41) is 17.1. The summed E-state index contributed by atoms with van der Waals surface area (Å²) in [6.07, 6.45) is -0.973. The molecule has 0 spiro atoms. The van der Waals surface area contributed by atoms with Gasteiger partial charge in [-0.1, -0.05) is 38.1 Å². The largest absolute Gasteiger partial charge is 0.390 e. The lowest BCUT2D eigenvalue weighted by atomic mass is 9.80. The summed E-state index contributed by atoms with van der Waals surface area (Å²) in [6.45, 7) is 8.09. The zero-order valence-electron chi connectivity index (χ0n) is 20.1. The van der Waals surface area contributed by atoms with E-state index in [0.717, 1.165) is 11.6 Å². The van der Waals surface area contributed by atoms with Gasteiger partial charge in [-0.15, -0.1) is 0 Å². The van der Waals surface area contributed by atoms with Crippen LogP contribution in [0, 0.1) is 11.6 Å². The van der Waals surface area contributed by atoms with E-state index in [1.807, 2.05) is 12.1 Å². The van der Waals surface area contributed by atoms with Crippen molar-refractivity contribution in [1.29, 1.82) is 0 Å². The van der Waals surface area contributed by atoms with E-state index >= 15 is 0 Å². The van der Waals surface area contributed by atoms with Gasteiger partial charge in [0.15, 0.2) is 0 Å². The minimum absolute atomic E-state index is 0.0257. The normalized spacial score (nSPS) is 16.6. The van der Waals surface area contributed by atoms with Crippen LogP contribution in [0.5, 0.6) is 0 Å². The monoisotopic (exact) mass is 473 g/mol. The molecule has 0 aliphatic carbocycles. The Morgan fingerprint density at radius 1 is 1.09 bits per heavy atom. The van der Waals surface area contributed by atoms with Crippen LogP contribution in [0.25, 0.3) is 0 Å². The van der Waals surface area contributed by atoms with E-state index in [2.05, 4.69) is 36.6 Å². The second-order valence-electron chi connectivity index (χ2n) is 9.47. The molecule has 1 fully saturated rings. The molecular formula is C26H33F2N3O3. The molecular weight excluding hydrogens is 440 g/mol. The van der Waals surface area contributed by atoms with E-state index in [1.165, 1.54) is 31.5 Å². The number of carbonyl (C=O) groups is 2. The number of amides is 2. The summed E-state index contributed by atoms with van der Waals surface area (Å²) in [5.41, 5.74) is 1.99. The Balaban J connectivity index is 1.79. The van der Waals surface area contributed by atoms with E-state index < -0.39 is 29.3 Å². The van der Waals surface area contributed by atoms with Crippen LogP contribution in [0.15, 0.2) is 42.5 Å². The molecule has 2 aromatic rings. The highest BCUT2D eigenvalue weighted by Crippen LogP contribution is 2.33. The lowest BCUT2D eigenvalue weighted by molar-refractivity contribution is -0.138. The Labute approximate surface area is 199 Å². The third-order valence-electron chi connectivity index (χ3n) is 6.35. The smallest absolute Gasteiger partial charge is 0.219 e. The van der Waals surface area contributed by atoms with Gasteiger partial charge in [0, 0.05) is 39.5 Å². The Morgan fingerprint density at radius 3 is 2.29 bits per heavy atom. The van der Waals surface area contributed by atoms with Crippen LogP contribution in [0.3, 0.4) is 0 Å². The minimum atomic E-state index is -1.04. The first-order valence-corrected chi connectivity index (χ1v) is 11.5. The van der Waals surface area contributed by atoms with Gasteiger partial charge < -0.3 is 20.6 Å². The summed E-state index contributed by atoms with van der Waals surface area (Å²) < 4.78 is 27.3. The van der Waals surface area contributed by atoms with E-state index in [9.17, 15) is 23.5 Å². The molecule has 0 unspecified atom stereocenters. The fourth-order valence-corrected chi connectivity index (χ4v) is 4.39. The van der Waals surface area contributed by atoms with Crippen LogP contribution in [0.1, 0.15) is 50.3 Å². The number of likely N-dealkylation sites (tertiary alicyclic amines) is 1. The Morgan fingerprint density at radius 2 is 1.74 bits per heavy atom. The molecule has 3 N–H and O–H groups in total. The van der Waals surface area contributed by atoms with Crippen LogP contribution in [0.2, 0.25) is 0 Å². The van der Waals surface area contributed by atoms with Gasteiger partial charge in [-0.2, -0.15) is 0 Å². The van der Waals surface area contributed by atoms with Gasteiger partial charge >= 0.3 is 0 Å². The molecule has 2 atom stereocenters. The van der Waals surface area contributed by atoms with Gasteiger partial charge in [-0.25, -0.2) is 8.78 Å². The van der Waals surface area contributed by atoms with E-state index in [1.54, 1.807) is 4.90 Å². The molecule has 0 saturated carbocycles. The number of nitrogens with zero attached hydrogens (tertiary/aromatic N) is 1. The molecule has 2 aromatic carbocycles. The molecule has 184 valence electrons. The number of hydrogen-bond donors (Lipinski definition) is 3. The molecule has 6 nitrogen and oxygen atoms in total. The summed E-state index contributed by atoms with van der Waals surface area (Å²) in [5.74, 6) is -1.48. The summed E-state index contributed by atoms with van der Waals surface area (Å²) in [4.78, 5) is 25.4. The first kappa shape index (κ1) is 25.8. The van der Waals surface area contributed by atoms with Crippen LogP contribution >= 0.6 is 0 Å². The molecule has 3 rings (SSSR count). The third kappa shape index (κ3) is 6.18. The average molecular weight is 474 g/mol. The lowest BCUT2D eigenvalue weighted by Crippen LogP contribution is -2.69. The number of halogens is 2. The topological polar surface area (TPSA) is 81.7 Å². The minimum Gasteiger partial charge on any atom is -0.390 e. The predicted molar refractivity (Wildman–Crippen MR) is 126 cm³/mol. The number of rotatable bonds is 9. The Bertz CT molecular complexity index is 1020. The van der Waals surface area contributed by atoms with Crippen molar-refractivity contribution in [2.75, 3.05) is 19.6 Å². The van der Waals surface area contributed by atoms with E-state index in [-0.39, 0.29) is 24.8 Å². The molecule has 8 heteroatoms. The van der Waals surface area contributed by atoms with Gasteiger partial charge in [0.25, 0.3) is 0 Å². The van der Waals surface area contributed by atoms with Crippen molar-refractivity contribution in [1.82, 2.24) is 15.5 Å². The maximum Gasteiger partial charge on any atom is 0.219 e. The van der Waals surface area contributed by atoms with E-state index in [0.29, 0.717) is 24.6 Å². The second kappa shape index (κ2) is 10.6. The molecule has 1 heterocycles. The highest BCUT2D eigenvalue weighted by molar-refractivity contribution is 5.75. The molecule has 1 aliphatic heterocycles. The molecule has 0 bridgehead atoms. The van der Waals surface area contributed by atoms with Gasteiger partial charge in [0.05, 0.1) is 17.7 Å². The van der Waals surface area contributed by atoms with Crippen LogP contribution in [-0.2, 0) is 21.5 Å². The Hall–Kier alpha value is -2.84. The van der Waals surface area contributed by atoms with Gasteiger partial charge in [0.2, 0.25) is 11.8 Å². The molecule has 2 amide bonds. The summed E-state index contributed by atoms with van der Waals surface area (Å²) >= 11 is 0. The van der Waals surface area contributed by atoms with Crippen molar-refractivity contribution in [2.24, 2.45) is 0 Å². The van der Waals surface area contributed by atoms with Crippen LogP contribution < -0.4 is 10.6 Å². The van der Waals surface area contributed by atoms with Crippen molar-refractivity contribution in [3.05, 3.63) is 70.8 Å². The zero-order chi connectivity index (χ0) is 25.0. The predicted octanol–water partition coefficient (Wildman–Crippen LogP) is 2.84. The van der Waals surface area contributed by atoms with Gasteiger partial charge in [-0.3, -0.25) is 9.59 Å².